The van der Waals surface area contributed by atoms with E-state index in [1.165, 1.54) is 0 Å². The fourth-order valence-electron chi connectivity index (χ4n) is 2.63. The first-order valence-corrected chi connectivity index (χ1v) is 8.42. The van der Waals surface area contributed by atoms with Crippen LogP contribution < -0.4 is 10.6 Å². The Labute approximate surface area is 142 Å². The van der Waals surface area contributed by atoms with Gasteiger partial charge in [-0.25, -0.2) is 4.79 Å². The molecule has 0 aromatic heterocycles. The van der Waals surface area contributed by atoms with Crippen LogP contribution in [0.1, 0.15) is 26.7 Å². The molecule has 0 aliphatic carbocycles. The number of urea groups is 1. The maximum absolute atomic E-state index is 12.4. The number of carbonyl (C=O) groups excluding carboxylic acids is 2. The van der Waals surface area contributed by atoms with Crippen molar-refractivity contribution in [3.8, 4) is 0 Å². The molecule has 1 atom stereocenters. The van der Waals surface area contributed by atoms with Gasteiger partial charge in [-0.2, -0.15) is 0 Å². The molecule has 1 fully saturated rings. The van der Waals surface area contributed by atoms with Crippen LogP contribution >= 0.6 is 11.6 Å². The highest BCUT2D eigenvalue weighted by atomic mass is 35.5. The van der Waals surface area contributed by atoms with Gasteiger partial charge in [-0.15, -0.1) is 0 Å². The highest BCUT2D eigenvalue weighted by Gasteiger charge is 2.24. The Hall–Kier alpha value is -1.75. The number of nitrogens with one attached hydrogen (secondary N) is 2. The zero-order chi connectivity index (χ0) is 16.8. The zero-order valence-electron chi connectivity index (χ0n) is 13.6. The molecule has 1 saturated heterocycles. The predicted octanol–water partition coefficient (Wildman–Crippen LogP) is 3.36. The third-order valence-corrected chi connectivity index (χ3v) is 4.21. The van der Waals surface area contributed by atoms with Gasteiger partial charge in [0.2, 0.25) is 5.91 Å². The van der Waals surface area contributed by atoms with E-state index < -0.39 is 0 Å². The SMILES string of the molecule is CC(C)C(=O)NC[C@H]1CCCN(C(=O)Nc2cccc(Cl)c2)C1. The Morgan fingerprint density at radius 3 is 2.87 bits per heavy atom. The quantitative estimate of drug-likeness (QED) is 0.885. The van der Waals surface area contributed by atoms with Crippen molar-refractivity contribution in [2.75, 3.05) is 25.0 Å². The summed E-state index contributed by atoms with van der Waals surface area (Å²) in [6.07, 6.45) is 1.98. The van der Waals surface area contributed by atoms with Gasteiger partial charge in [-0.05, 0) is 37.0 Å². The molecule has 1 aromatic rings. The number of benzene rings is 1. The minimum absolute atomic E-state index is 0.0131. The number of hydrogen-bond acceptors (Lipinski definition) is 2. The lowest BCUT2D eigenvalue weighted by Crippen LogP contribution is -2.45. The van der Waals surface area contributed by atoms with E-state index in [2.05, 4.69) is 10.6 Å². The molecule has 0 unspecified atom stereocenters. The van der Waals surface area contributed by atoms with Crippen LogP contribution in [0.25, 0.3) is 0 Å². The van der Waals surface area contributed by atoms with Gasteiger partial charge in [0.05, 0.1) is 0 Å². The van der Waals surface area contributed by atoms with Crippen LogP contribution in [0.15, 0.2) is 24.3 Å². The lowest BCUT2D eigenvalue weighted by molar-refractivity contribution is -0.124. The molecule has 1 aliphatic rings. The molecule has 0 bridgehead atoms. The smallest absolute Gasteiger partial charge is 0.321 e. The van der Waals surface area contributed by atoms with Crippen molar-refractivity contribution in [2.45, 2.75) is 26.7 Å². The summed E-state index contributed by atoms with van der Waals surface area (Å²) in [5.74, 6) is 0.350. The lowest BCUT2D eigenvalue weighted by Gasteiger charge is -2.33. The normalized spacial score (nSPS) is 17.9. The molecule has 3 amide bonds. The van der Waals surface area contributed by atoms with Crippen molar-refractivity contribution in [1.29, 1.82) is 0 Å². The number of likely N-dealkylation sites (tertiary alicyclic amines) is 1. The Balaban J connectivity index is 1.85. The number of halogens is 1. The van der Waals surface area contributed by atoms with E-state index in [9.17, 15) is 9.59 Å². The molecule has 5 nitrogen and oxygen atoms in total. The summed E-state index contributed by atoms with van der Waals surface area (Å²) in [4.78, 5) is 25.8. The highest BCUT2D eigenvalue weighted by Crippen LogP contribution is 2.19. The van der Waals surface area contributed by atoms with Crippen LogP contribution in [0.3, 0.4) is 0 Å². The predicted molar refractivity (Wildman–Crippen MR) is 92.6 cm³/mol. The molecule has 0 saturated carbocycles. The first-order chi connectivity index (χ1) is 11.0. The molecule has 23 heavy (non-hydrogen) atoms. The summed E-state index contributed by atoms with van der Waals surface area (Å²) >= 11 is 5.93. The van der Waals surface area contributed by atoms with Gasteiger partial charge in [0.1, 0.15) is 0 Å². The first kappa shape index (κ1) is 17.6. The Kier molecular flexibility index (Phi) is 6.28. The second-order valence-electron chi connectivity index (χ2n) is 6.29. The number of hydrogen-bond donors (Lipinski definition) is 2. The fraction of sp³-hybridized carbons (Fsp3) is 0.529. The lowest BCUT2D eigenvalue weighted by atomic mass is 9.98. The van der Waals surface area contributed by atoms with E-state index in [1.807, 2.05) is 19.9 Å². The van der Waals surface area contributed by atoms with Gasteiger partial charge in [0.25, 0.3) is 0 Å². The summed E-state index contributed by atoms with van der Waals surface area (Å²) in [5.41, 5.74) is 0.692. The average Bonchev–Trinajstić information content (AvgIpc) is 2.52. The molecular weight excluding hydrogens is 314 g/mol. The Morgan fingerprint density at radius 2 is 2.17 bits per heavy atom. The van der Waals surface area contributed by atoms with Crippen molar-refractivity contribution < 1.29 is 9.59 Å². The number of rotatable bonds is 4. The number of nitrogens with zero attached hydrogens (tertiary/aromatic N) is 1. The van der Waals surface area contributed by atoms with Crippen molar-refractivity contribution in [3.63, 3.8) is 0 Å². The third-order valence-electron chi connectivity index (χ3n) is 3.97. The van der Waals surface area contributed by atoms with E-state index in [4.69, 9.17) is 11.6 Å². The van der Waals surface area contributed by atoms with Crippen LogP contribution in [0.4, 0.5) is 10.5 Å². The van der Waals surface area contributed by atoms with E-state index >= 15 is 0 Å². The monoisotopic (exact) mass is 337 g/mol. The standard InChI is InChI=1S/C17H24ClN3O2/c1-12(2)16(22)19-10-13-5-4-8-21(11-13)17(23)20-15-7-3-6-14(18)9-15/h3,6-7,9,12-13H,4-5,8,10-11H2,1-2H3,(H,19,22)(H,20,23)/t13-/m1/s1. The third kappa shape index (κ3) is 5.43. The number of piperidine rings is 1. The molecule has 1 aromatic carbocycles. The van der Waals surface area contributed by atoms with Gasteiger partial charge in [-0.1, -0.05) is 31.5 Å². The van der Waals surface area contributed by atoms with Crippen LogP contribution in [0.5, 0.6) is 0 Å². The summed E-state index contributed by atoms with van der Waals surface area (Å²) in [6, 6.07) is 6.99. The van der Waals surface area contributed by atoms with E-state index in [0.29, 0.717) is 29.7 Å². The van der Waals surface area contributed by atoms with Crippen LogP contribution in [-0.4, -0.2) is 36.5 Å². The summed E-state index contributed by atoms with van der Waals surface area (Å²) < 4.78 is 0. The summed E-state index contributed by atoms with van der Waals surface area (Å²) in [5, 5.41) is 6.42. The zero-order valence-corrected chi connectivity index (χ0v) is 14.4. The second-order valence-corrected chi connectivity index (χ2v) is 6.73. The van der Waals surface area contributed by atoms with Gasteiger partial charge in [-0.3, -0.25) is 4.79 Å². The molecule has 6 heteroatoms. The van der Waals surface area contributed by atoms with Crippen molar-refractivity contribution >= 4 is 29.2 Å². The van der Waals surface area contributed by atoms with Gasteiger partial charge in [0, 0.05) is 36.3 Å². The molecule has 0 radical (unpaired) electrons. The largest absolute Gasteiger partial charge is 0.356 e. The number of anilines is 1. The topological polar surface area (TPSA) is 61.4 Å². The molecular formula is C17H24ClN3O2. The van der Waals surface area contributed by atoms with E-state index in [-0.39, 0.29) is 17.9 Å². The van der Waals surface area contributed by atoms with Gasteiger partial charge >= 0.3 is 6.03 Å². The van der Waals surface area contributed by atoms with Gasteiger partial charge < -0.3 is 15.5 Å². The minimum atomic E-state index is -0.118. The fourth-order valence-corrected chi connectivity index (χ4v) is 2.82. The van der Waals surface area contributed by atoms with Crippen molar-refractivity contribution in [3.05, 3.63) is 29.3 Å². The Morgan fingerprint density at radius 1 is 1.39 bits per heavy atom. The summed E-state index contributed by atoms with van der Waals surface area (Å²) in [7, 11) is 0. The highest BCUT2D eigenvalue weighted by molar-refractivity contribution is 6.30. The number of carbonyl (C=O) groups is 2. The van der Waals surface area contributed by atoms with Gasteiger partial charge in [0.15, 0.2) is 0 Å². The molecule has 1 aliphatic heterocycles. The average molecular weight is 338 g/mol. The van der Waals surface area contributed by atoms with Crippen LogP contribution in [0, 0.1) is 11.8 Å². The van der Waals surface area contributed by atoms with E-state index in [0.717, 1.165) is 19.4 Å². The van der Waals surface area contributed by atoms with Crippen molar-refractivity contribution in [1.82, 2.24) is 10.2 Å². The molecule has 0 spiro atoms. The molecule has 126 valence electrons. The maximum atomic E-state index is 12.4. The second kappa shape index (κ2) is 8.20. The maximum Gasteiger partial charge on any atom is 0.321 e. The molecule has 1 heterocycles. The van der Waals surface area contributed by atoms with Crippen molar-refractivity contribution in [2.24, 2.45) is 11.8 Å². The molecule has 2 rings (SSSR count). The number of amides is 3. The Bertz CT molecular complexity index is 563. The van der Waals surface area contributed by atoms with Crippen LogP contribution in [0.2, 0.25) is 5.02 Å². The van der Waals surface area contributed by atoms with Crippen LogP contribution in [-0.2, 0) is 4.79 Å². The van der Waals surface area contributed by atoms with E-state index in [1.54, 1.807) is 23.1 Å². The summed E-state index contributed by atoms with van der Waals surface area (Å²) in [6.45, 7) is 5.77. The molecule has 2 N–H and O–H groups in total. The minimum Gasteiger partial charge on any atom is -0.356 e. The first-order valence-electron chi connectivity index (χ1n) is 8.05.